The summed E-state index contributed by atoms with van der Waals surface area (Å²) in [6.07, 6.45) is -0.328. The number of hydrogen-bond acceptors (Lipinski definition) is 4. The highest BCUT2D eigenvalue weighted by Gasteiger charge is 2.30. The topological polar surface area (TPSA) is 72.9 Å². The highest BCUT2D eigenvalue weighted by Crippen LogP contribution is 2.18. The molecule has 1 aromatic rings. The molecular weight excluding hydrogens is 337 g/mol. The SMILES string of the molecule is CN(C)C(=O)CN1CC[C@@H](NC(=O)c2cc(F)ccc2Cl)[C@H](O)C1. The second kappa shape index (κ2) is 7.92. The number of likely N-dealkylation sites (N-methyl/N-ethyl adjacent to an activating group) is 1. The van der Waals surface area contributed by atoms with Gasteiger partial charge in [0, 0.05) is 27.2 Å². The molecule has 2 rings (SSSR count). The first-order chi connectivity index (χ1) is 11.3. The maximum Gasteiger partial charge on any atom is 0.253 e. The number of piperidine rings is 1. The van der Waals surface area contributed by atoms with E-state index >= 15 is 0 Å². The van der Waals surface area contributed by atoms with Crippen LogP contribution in [-0.2, 0) is 4.79 Å². The molecule has 0 unspecified atom stereocenters. The molecule has 1 heterocycles. The van der Waals surface area contributed by atoms with Gasteiger partial charge in [-0.25, -0.2) is 4.39 Å². The first-order valence-corrected chi connectivity index (χ1v) is 8.02. The monoisotopic (exact) mass is 357 g/mol. The van der Waals surface area contributed by atoms with Crippen LogP contribution in [0.1, 0.15) is 16.8 Å². The van der Waals surface area contributed by atoms with Gasteiger partial charge in [-0.2, -0.15) is 0 Å². The minimum Gasteiger partial charge on any atom is -0.390 e. The normalized spacial score (nSPS) is 21.4. The fourth-order valence-corrected chi connectivity index (χ4v) is 2.76. The second-order valence-electron chi connectivity index (χ2n) is 6.08. The van der Waals surface area contributed by atoms with Crippen molar-refractivity contribution in [2.75, 3.05) is 33.7 Å². The molecule has 24 heavy (non-hydrogen) atoms. The van der Waals surface area contributed by atoms with Gasteiger partial charge in [-0.15, -0.1) is 0 Å². The molecular formula is C16H21ClFN3O3. The molecule has 1 fully saturated rings. The van der Waals surface area contributed by atoms with Gasteiger partial charge in [0.05, 0.1) is 29.3 Å². The summed E-state index contributed by atoms with van der Waals surface area (Å²) in [6, 6.07) is 3.09. The summed E-state index contributed by atoms with van der Waals surface area (Å²) in [5, 5.41) is 13.1. The van der Waals surface area contributed by atoms with Gasteiger partial charge >= 0.3 is 0 Å². The number of nitrogens with zero attached hydrogens (tertiary/aromatic N) is 2. The van der Waals surface area contributed by atoms with E-state index in [2.05, 4.69) is 5.32 Å². The molecule has 0 aliphatic carbocycles. The van der Waals surface area contributed by atoms with E-state index in [9.17, 15) is 19.1 Å². The molecule has 1 saturated heterocycles. The Labute approximate surface area is 145 Å². The van der Waals surface area contributed by atoms with Crippen LogP contribution in [0.15, 0.2) is 18.2 Å². The van der Waals surface area contributed by atoms with E-state index in [1.807, 2.05) is 4.90 Å². The fourth-order valence-electron chi connectivity index (χ4n) is 2.56. The van der Waals surface area contributed by atoms with Crippen LogP contribution < -0.4 is 5.32 Å². The van der Waals surface area contributed by atoms with Crippen molar-refractivity contribution in [3.05, 3.63) is 34.6 Å². The number of likely N-dealkylation sites (tertiary alicyclic amines) is 1. The Morgan fingerprint density at radius 1 is 1.46 bits per heavy atom. The average molecular weight is 358 g/mol. The van der Waals surface area contributed by atoms with Crippen LogP contribution in [0.2, 0.25) is 5.02 Å². The Bertz CT molecular complexity index is 627. The molecule has 2 amide bonds. The zero-order valence-electron chi connectivity index (χ0n) is 13.6. The van der Waals surface area contributed by atoms with E-state index in [1.54, 1.807) is 14.1 Å². The van der Waals surface area contributed by atoms with E-state index in [-0.39, 0.29) is 29.6 Å². The summed E-state index contributed by atoms with van der Waals surface area (Å²) in [6.45, 7) is 1.07. The van der Waals surface area contributed by atoms with E-state index < -0.39 is 23.9 Å². The van der Waals surface area contributed by atoms with Gasteiger partial charge in [0.15, 0.2) is 0 Å². The molecule has 0 spiro atoms. The largest absolute Gasteiger partial charge is 0.390 e. The first-order valence-electron chi connectivity index (χ1n) is 7.64. The van der Waals surface area contributed by atoms with Crippen LogP contribution in [0.25, 0.3) is 0 Å². The van der Waals surface area contributed by atoms with E-state index in [1.165, 1.54) is 17.0 Å². The summed E-state index contributed by atoms with van der Waals surface area (Å²) >= 11 is 5.91. The zero-order valence-corrected chi connectivity index (χ0v) is 14.4. The van der Waals surface area contributed by atoms with E-state index in [4.69, 9.17) is 11.6 Å². The standard InChI is InChI=1S/C16H21ClFN3O3/c1-20(2)15(23)9-21-6-5-13(14(22)8-21)19-16(24)11-7-10(18)3-4-12(11)17/h3-4,7,13-14,22H,5-6,8-9H2,1-2H3,(H,19,24)/t13-,14-/m1/s1. The van der Waals surface area contributed by atoms with Crippen molar-refractivity contribution < 1.29 is 19.1 Å². The Hall–Kier alpha value is -1.70. The van der Waals surface area contributed by atoms with Crippen molar-refractivity contribution in [1.29, 1.82) is 0 Å². The van der Waals surface area contributed by atoms with E-state index in [0.29, 0.717) is 13.0 Å². The maximum atomic E-state index is 13.3. The Balaban J connectivity index is 1.94. The summed E-state index contributed by atoms with van der Waals surface area (Å²) < 4.78 is 13.3. The smallest absolute Gasteiger partial charge is 0.253 e. The Morgan fingerprint density at radius 2 is 2.17 bits per heavy atom. The number of rotatable bonds is 4. The molecule has 1 aliphatic heterocycles. The third-order valence-electron chi connectivity index (χ3n) is 4.01. The molecule has 0 bridgehead atoms. The van der Waals surface area contributed by atoms with Crippen LogP contribution in [0.5, 0.6) is 0 Å². The lowest BCUT2D eigenvalue weighted by molar-refractivity contribution is -0.130. The molecule has 132 valence electrons. The molecule has 8 heteroatoms. The average Bonchev–Trinajstić information content (AvgIpc) is 2.52. The zero-order chi connectivity index (χ0) is 17.9. The fraction of sp³-hybridized carbons (Fsp3) is 0.500. The lowest BCUT2D eigenvalue weighted by Crippen LogP contribution is -2.55. The summed E-state index contributed by atoms with van der Waals surface area (Å²) in [5.74, 6) is -1.13. The van der Waals surface area contributed by atoms with Crippen LogP contribution in [-0.4, -0.2) is 72.6 Å². The molecule has 6 nitrogen and oxygen atoms in total. The summed E-state index contributed by atoms with van der Waals surface area (Å²) in [5.41, 5.74) is 0.0362. The molecule has 0 aromatic heterocycles. The van der Waals surface area contributed by atoms with Gasteiger partial charge in [-0.3, -0.25) is 14.5 Å². The number of hydrogen-bond donors (Lipinski definition) is 2. The molecule has 0 saturated carbocycles. The van der Waals surface area contributed by atoms with Crippen LogP contribution in [0.4, 0.5) is 4.39 Å². The quantitative estimate of drug-likeness (QED) is 0.833. The third kappa shape index (κ3) is 4.66. The van der Waals surface area contributed by atoms with E-state index in [0.717, 1.165) is 6.07 Å². The van der Waals surface area contributed by atoms with Gasteiger partial charge < -0.3 is 15.3 Å². The van der Waals surface area contributed by atoms with Crippen LogP contribution >= 0.6 is 11.6 Å². The Morgan fingerprint density at radius 3 is 2.79 bits per heavy atom. The molecule has 1 aliphatic rings. The highest BCUT2D eigenvalue weighted by atomic mass is 35.5. The van der Waals surface area contributed by atoms with Gasteiger partial charge in [0.1, 0.15) is 5.82 Å². The van der Waals surface area contributed by atoms with Gasteiger partial charge in [0.25, 0.3) is 5.91 Å². The highest BCUT2D eigenvalue weighted by molar-refractivity contribution is 6.33. The molecule has 1 aromatic carbocycles. The van der Waals surface area contributed by atoms with Crippen LogP contribution in [0, 0.1) is 5.82 Å². The number of aliphatic hydroxyl groups is 1. The minimum absolute atomic E-state index is 0.0362. The van der Waals surface area contributed by atoms with Crippen molar-refractivity contribution in [2.45, 2.75) is 18.6 Å². The number of halogens is 2. The number of carbonyl (C=O) groups is 2. The summed E-state index contributed by atoms with van der Waals surface area (Å²) in [4.78, 5) is 27.3. The number of nitrogens with one attached hydrogen (secondary N) is 1. The molecule has 2 N–H and O–H groups in total. The number of carbonyl (C=O) groups excluding carboxylic acids is 2. The first kappa shape index (κ1) is 18.6. The third-order valence-corrected chi connectivity index (χ3v) is 4.34. The summed E-state index contributed by atoms with van der Waals surface area (Å²) in [7, 11) is 3.35. The van der Waals surface area contributed by atoms with Gasteiger partial charge in [-0.05, 0) is 24.6 Å². The van der Waals surface area contributed by atoms with Crippen molar-refractivity contribution in [3.8, 4) is 0 Å². The maximum absolute atomic E-state index is 13.3. The molecule has 2 atom stereocenters. The predicted octanol–water partition coefficient (Wildman–Crippen LogP) is 0.732. The van der Waals surface area contributed by atoms with Crippen molar-refractivity contribution in [2.24, 2.45) is 0 Å². The lowest BCUT2D eigenvalue weighted by Gasteiger charge is -2.36. The van der Waals surface area contributed by atoms with Crippen LogP contribution in [0.3, 0.4) is 0 Å². The number of aliphatic hydroxyl groups excluding tert-OH is 1. The number of amides is 2. The van der Waals surface area contributed by atoms with Crippen molar-refractivity contribution in [3.63, 3.8) is 0 Å². The Kier molecular flexibility index (Phi) is 6.15. The van der Waals surface area contributed by atoms with Gasteiger partial charge in [-0.1, -0.05) is 11.6 Å². The number of β-amino-alcohol motifs (C(OH)–C–C–N with tert-alkyl or cyclic N) is 1. The lowest BCUT2D eigenvalue weighted by atomic mass is 10.0. The second-order valence-corrected chi connectivity index (χ2v) is 6.49. The van der Waals surface area contributed by atoms with Crippen molar-refractivity contribution in [1.82, 2.24) is 15.1 Å². The minimum atomic E-state index is -0.815. The van der Waals surface area contributed by atoms with Crippen molar-refractivity contribution >= 4 is 23.4 Å². The molecule has 0 radical (unpaired) electrons. The predicted molar refractivity (Wildman–Crippen MR) is 88.4 cm³/mol. The number of benzene rings is 1. The van der Waals surface area contributed by atoms with Gasteiger partial charge in [0.2, 0.25) is 5.91 Å².